The molecule has 1 aliphatic rings. The third kappa shape index (κ3) is 3.68. The van der Waals surface area contributed by atoms with Crippen LogP contribution in [0.25, 0.3) is 0 Å². The van der Waals surface area contributed by atoms with Gasteiger partial charge in [0, 0.05) is 25.1 Å². The van der Waals surface area contributed by atoms with Crippen LogP contribution >= 0.6 is 0 Å². The fourth-order valence-electron chi connectivity index (χ4n) is 1.74. The van der Waals surface area contributed by atoms with Crippen LogP contribution < -0.4 is 10.6 Å². The minimum Gasteiger partial charge on any atom is -0.379 e. The van der Waals surface area contributed by atoms with Gasteiger partial charge in [-0.2, -0.15) is 5.26 Å². The number of rotatable bonds is 6. The lowest BCUT2D eigenvalue weighted by Gasteiger charge is -2.07. The molecule has 2 N–H and O–H groups in total. The highest BCUT2D eigenvalue weighted by Gasteiger charge is 2.23. The first-order valence-corrected chi connectivity index (χ1v) is 6.32. The third-order valence-electron chi connectivity index (χ3n) is 2.93. The van der Waals surface area contributed by atoms with Crippen LogP contribution in [0.3, 0.4) is 0 Å². The van der Waals surface area contributed by atoms with Crippen molar-refractivity contribution in [1.82, 2.24) is 5.32 Å². The molecule has 0 atom stereocenters. The summed E-state index contributed by atoms with van der Waals surface area (Å²) in [5.74, 6) is -0.0703. The summed E-state index contributed by atoms with van der Waals surface area (Å²) in [4.78, 5) is 21.8. The lowest BCUT2D eigenvalue weighted by atomic mass is 10.2. The molecule has 0 spiro atoms. The highest BCUT2D eigenvalue weighted by molar-refractivity contribution is 5.77. The Hall–Kier alpha value is -2.62. The number of nitro benzene ring substituents is 1. The normalized spacial score (nSPS) is 13.3. The Bertz CT molecular complexity index is 575. The number of benzene rings is 1. The summed E-state index contributed by atoms with van der Waals surface area (Å²) in [7, 11) is 0. The van der Waals surface area contributed by atoms with E-state index < -0.39 is 4.92 Å². The zero-order valence-corrected chi connectivity index (χ0v) is 10.8. The minimum atomic E-state index is -0.520. The Morgan fingerprint density at radius 3 is 2.85 bits per heavy atom. The number of carbonyl (C=O) groups excluding carboxylic acids is 1. The van der Waals surface area contributed by atoms with Gasteiger partial charge in [0.2, 0.25) is 5.91 Å². The second-order valence-electron chi connectivity index (χ2n) is 4.62. The predicted molar refractivity (Wildman–Crippen MR) is 72.1 cm³/mol. The first kappa shape index (κ1) is 13.8. The van der Waals surface area contributed by atoms with E-state index in [9.17, 15) is 14.9 Å². The molecule has 1 fully saturated rings. The maximum absolute atomic E-state index is 11.5. The lowest BCUT2D eigenvalue weighted by molar-refractivity contribution is -0.384. The lowest BCUT2D eigenvalue weighted by Crippen LogP contribution is -2.27. The Morgan fingerprint density at radius 1 is 1.50 bits per heavy atom. The van der Waals surface area contributed by atoms with Gasteiger partial charge in [-0.15, -0.1) is 0 Å². The molecule has 0 bridgehead atoms. The number of hydrogen-bond acceptors (Lipinski definition) is 5. The van der Waals surface area contributed by atoms with Crippen molar-refractivity contribution in [2.24, 2.45) is 0 Å². The summed E-state index contributed by atoms with van der Waals surface area (Å²) in [5, 5.41) is 25.4. The quantitative estimate of drug-likeness (QED) is 0.604. The van der Waals surface area contributed by atoms with Gasteiger partial charge in [0.05, 0.1) is 16.6 Å². The Morgan fingerprint density at radius 2 is 2.25 bits per heavy atom. The van der Waals surface area contributed by atoms with Crippen molar-refractivity contribution < 1.29 is 9.72 Å². The van der Waals surface area contributed by atoms with Crippen LogP contribution in [0.15, 0.2) is 18.2 Å². The Labute approximate surface area is 115 Å². The number of hydrogen-bond donors (Lipinski definition) is 2. The molecule has 7 nitrogen and oxygen atoms in total. The van der Waals surface area contributed by atoms with E-state index in [2.05, 4.69) is 10.6 Å². The van der Waals surface area contributed by atoms with E-state index in [4.69, 9.17) is 5.26 Å². The summed E-state index contributed by atoms with van der Waals surface area (Å²) in [5.41, 5.74) is 0.486. The second kappa shape index (κ2) is 6.02. The van der Waals surface area contributed by atoms with E-state index >= 15 is 0 Å². The van der Waals surface area contributed by atoms with E-state index in [1.165, 1.54) is 18.2 Å². The van der Waals surface area contributed by atoms with Crippen LogP contribution in [-0.2, 0) is 4.79 Å². The molecule has 0 heterocycles. The van der Waals surface area contributed by atoms with Crippen LogP contribution in [0.4, 0.5) is 11.4 Å². The molecular weight excluding hydrogens is 260 g/mol. The summed E-state index contributed by atoms with van der Waals surface area (Å²) >= 11 is 0. The van der Waals surface area contributed by atoms with Gasteiger partial charge in [0.25, 0.3) is 5.69 Å². The van der Waals surface area contributed by atoms with E-state index in [-0.39, 0.29) is 30.2 Å². The molecule has 104 valence electrons. The van der Waals surface area contributed by atoms with Crippen LogP contribution in [0.1, 0.15) is 24.8 Å². The van der Waals surface area contributed by atoms with Crippen molar-refractivity contribution in [2.75, 3.05) is 11.9 Å². The number of anilines is 1. The molecule has 0 aromatic heterocycles. The molecule has 0 saturated heterocycles. The Kier molecular flexibility index (Phi) is 4.15. The average Bonchev–Trinajstić information content (AvgIpc) is 3.22. The number of nitrogens with one attached hydrogen (secondary N) is 2. The fourth-order valence-corrected chi connectivity index (χ4v) is 1.74. The van der Waals surface area contributed by atoms with Crippen LogP contribution in [0.2, 0.25) is 0 Å². The topological polar surface area (TPSA) is 108 Å². The maximum Gasteiger partial charge on any atom is 0.292 e. The number of amides is 1. The van der Waals surface area contributed by atoms with E-state index in [0.717, 1.165) is 12.8 Å². The fraction of sp³-hybridized carbons (Fsp3) is 0.385. The number of carbonyl (C=O) groups is 1. The van der Waals surface area contributed by atoms with Gasteiger partial charge in [-0.3, -0.25) is 14.9 Å². The van der Waals surface area contributed by atoms with Crippen molar-refractivity contribution in [3.05, 3.63) is 33.9 Å². The molecule has 1 saturated carbocycles. The van der Waals surface area contributed by atoms with Gasteiger partial charge < -0.3 is 10.6 Å². The monoisotopic (exact) mass is 274 g/mol. The summed E-state index contributed by atoms with van der Waals surface area (Å²) in [6.45, 7) is 0.286. The highest BCUT2D eigenvalue weighted by Crippen LogP contribution is 2.25. The van der Waals surface area contributed by atoms with Crippen LogP contribution in [-0.4, -0.2) is 23.4 Å². The number of nitriles is 1. The van der Waals surface area contributed by atoms with Crippen molar-refractivity contribution in [1.29, 1.82) is 5.26 Å². The largest absolute Gasteiger partial charge is 0.379 e. The van der Waals surface area contributed by atoms with Crippen LogP contribution in [0, 0.1) is 21.4 Å². The maximum atomic E-state index is 11.5. The number of nitrogens with zero attached hydrogens (tertiary/aromatic N) is 2. The predicted octanol–water partition coefficient (Wildman–Crippen LogP) is 1.55. The van der Waals surface area contributed by atoms with E-state index in [1.54, 1.807) is 0 Å². The first-order chi connectivity index (χ1) is 9.60. The highest BCUT2D eigenvalue weighted by atomic mass is 16.6. The molecular formula is C13H14N4O3. The average molecular weight is 274 g/mol. The molecule has 0 radical (unpaired) electrons. The Balaban J connectivity index is 1.94. The molecule has 2 rings (SSSR count). The molecule has 1 aromatic rings. The smallest absolute Gasteiger partial charge is 0.292 e. The third-order valence-corrected chi connectivity index (χ3v) is 2.93. The SMILES string of the molecule is N#Cc1ccc([N+](=O)[O-])c(NCCC(=O)NC2CC2)c1. The van der Waals surface area contributed by atoms with Gasteiger partial charge in [-0.1, -0.05) is 0 Å². The standard InChI is InChI=1S/C13H14N4O3/c14-8-9-1-4-12(17(19)20)11(7-9)15-6-5-13(18)16-10-2-3-10/h1,4,7,10,15H,2-3,5-6H2,(H,16,18). The molecule has 0 unspecified atom stereocenters. The molecule has 1 aromatic carbocycles. The van der Waals surface area contributed by atoms with Crippen LogP contribution in [0.5, 0.6) is 0 Å². The van der Waals surface area contributed by atoms with E-state index in [1.807, 2.05) is 6.07 Å². The minimum absolute atomic E-state index is 0.0703. The number of nitro groups is 1. The van der Waals surface area contributed by atoms with Crippen molar-refractivity contribution >= 4 is 17.3 Å². The second-order valence-corrected chi connectivity index (χ2v) is 4.62. The van der Waals surface area contributed by atoms with Gasteiger partial charge in [-0.05, 0) is 25.0 Å². The molecule has 0 aliphatic heterocycles. The molecule has 1 aliphatic carbocycles. The van der Waals surface area contributed by atoms with Crippen molar-refractivity contribution in [2.45, 2.75) is 25.3 Å². The first-order valence-electron chi connectivity index (χ1n) is 6.32. The van der Waals surface area contributed by atoms with E-state index in [0.29, 0.717) is 11.6 Å². The van der Waals surface area contributed by atoms with Gasteiger partial charge in [0.15, 0.2) is 0 Å². The summed E-state index contributed by atoms with van der Waals surface area (Å²) in [6, 6.07) is 6.32. The zero-order chi connectivity index (χ0) is 14.5. The van der Waals surface area contributed by atoms with Crippen molar-refractivity contribution in [3.8, 4) is 6.07 Å². The zero-order valence-electron chi connectivity index (χ0n) is 10.8. The van der Waals surface area contributed by atoms with Gasteiger partial charge in [-0.25, -0.2) is 0 Å². The van der Waals surface area contributed by atoms with Crippen molar-refractivity contribution in [3.63, 3.8) is 0 Å². The van der Waals surface area contributed by atoms with Gasteiger partial charge >= 0.3 is 0 Å². The molecule has 7 heteroatoms. The summed E-state index contributed by atoms with van der Waals surface area (Å²) in [6.07, 6.45) is 2.29. The molecule has 20 heavy (non-hydrogen) atoms. The summed E-state index contributed by atoms with van der Waals surface area (Å²) < 4.78 is 0. The van der Waals surface area contributed by atoms with Gasteiger partial charge in [0.1, 0.15) is 5.69 Å². The molecule has 1 amide bonds.